The lowest BCUT2D eigenvalue weighted by Crippen LogP contribution is -2.39. The van der Waals surface area contributed by atoms with Gasteiger partial charge in [-0.25, -0.2) is 0 Å². The molecule has 6 heteroatoms. The standard InChI is InChI=1S/C21H34N4O2/c1-17-5-7-18(8-6-17)20-19(4-2-13-27-20)16-24-21(22)23-9-3-10-25-11-14-26-15-12-25/h5-8,19-20H,2-4,9-16H2,1H3,(H3,22,23,24). The van der Waals surface area contributed by atoms with E-state index >= 15 is 0 Å². The molecule has 2 fully saturated rings. The van der Waals surface area contributed by atoms with Gasteiger partial charge in [0, 0.05) is 38.7 Å². The molecule has 2 aliphatic rings. The first-order valence-corrected chi connectivity index (χ1v) is 10.2. The lowest BCUT2D eigenvalue weighted by Gasteiger charge is -2.31. The summed E-state index contributed by atoms with van der Waals surface area (Å²) in [5, 5.41) is 3.25. The molecule has 0 spiro atoms. The maximum atomic E-state index is 6.08. The second kappa shape index (κ2) is 10.6. The Morgan fingerprint density at radius 2 is 2.00 bits per heavy atom. The summed E-state index contributed by atoms with van der Waals surface area (Å²) in [6, 6.07) is 8.65. The normalized spacial score (nSPS) is 24.7. The van der Waals surface area contributed by atoms with Crippen LogP contribution in [0.15, 0.2) is 29.3 Å². The molecule has 2 unspecified atom stereocenters. The Balaban J connectivity index is 1.42. The fourth-order valence-corrected chi connectivity index (χ4v) is 3.77. The monoisotopic (exact) mass is 374 g/mol. The van der Waals surface area contributed by atoms with Crippen molar-refractivity contribution in [2.75, 3.05) is 52.5 Å². The van der Waals surface area contributed by atoms with E-state index in [0.29, 0.717) is 18.4 Å². The molecule has 0 aromatic heterocycles. The molecule has 6 nitrogen and oxygen atoms in total. The van der Waals surface area contributed by atoms with Crippen molar-refractivity contribution in [1.29, 1.82) is 0 Å². The van der Waals surface area contributed by atoms with Crippen LogP contribution in [0.3, 0.4) is 0 Å². The maximum Gasteiger partial charge on any atom is 0.188 e. The molecule has 0 radical (unpaired) electrons. The van der Waals surface area contributed by atoms with Crippen molar-refractivity contribution in [3.8, 4) is 0 Å². The first-order valence-electron chi connectivity index (χ1n) is 10.2. The highest BCUT2D eigenvalue weighted by Crippen LogP contribution is 2.33. The number of aryl methyl sites for hydroxylation is 1. The van der Waals surface area contributed by atoms with Crippen LogP contribution in [-0.2, 0) is 9.47 Å². The number of nitrogens with one attached hydrogen (secondary N) is 1. The Morgan fingerprint density at radius 3 is 2.78 bits per heavy atom. The van der Waals surface area contributed by atoms with Crippen molar-refractivity contribution in [2.24, 2.45) is 16.6 Å². The van der Waals surface area contributed by atoms with E-state index in [2.05, 4.69) is 46.4 Å². The molecule has 2 heterocycles. The zero-order valence-corrected chi connectivity index (χ0v) is 16.5. The van der Waals surface area contributed by atoms with Gasteiger partial charge in [-0.1, -0.05) is 29.8 Å². The third-order valence-electron chi connectivity index (χ3n) is 5.41. The van der Waals surface area contributed by atoms with Gasteiger partial charge in [-0.15, -0.1) is 0 Å². The minimum absolute atomic E-state index is 0.122. The highest BCUT2D eigenvalue weighted by atomic mass is 16.5. The van der Waals surface area contributed by atoms with Crippen LogP contribution in [0, 0.1) is 12.8 Å². The van der Waals surface area contributed by atoms with Crippen LogP contribution in [-0.4, -0.2) is 63.4 Å². The van der Waals surface area contributed by atoms with E-state index in [-0.39, 0.29) is 6.10 Å². The highest BCUT2D eigenvalue weighted by Gasteiger charge is 2.27. The van der Waals surface area contributed by atoms with Crippen LogP contribution >= 0.6 is 0 Å². The molecule has 27 heavy (non-hydrogen) atoms. The van der Waals surface area contributed by atoms with Crippen molar-refractivity contribution < 1.29 is 9.47 Å². The summed E-state index contributed by atoms with van der Waals surface area (Å²) < 4.78 is 11.4. The number of hydrogen-bond donors (Lipinski definition) is 2. The van der Waals surface area contributed by atoms with Crippen LogP contribution < -0.4 is 11.1 Å². The molecule has 2 atom stereocenters. The van der Waals surface area contributed by atoms with Crippen molar-refractivity contribution in [1.82, 2.24) is 10.2 Å². The van der Waals surface area contributed by atoms with E-state index in [1.807, 2.05) is 0 Å². The minimum atomic E-state index is 0.122. The summed E-state index contributed by atoms with van der Waals surface area (Å²) in [5.74, 6) is 0.931. The summed E-state index contributed by atoms with van der Waals surface area (Å²) in [6.07, 6.45) is 3.41. The summed E-state index contributed by atoms with van der Waals surface area (Å²) in [7, 11) is 0. The average molecular weight is 375 g/mol. The van der Waals surface area contributed by atoms with E-state index < -0.39 is 0 Å². The molecule has 1 aromatic carbocycles. The molecule has 150 valence electrons. The molecular formula is C21H34N4O2. The first-order chi connectivity index (χ1) is 13.2. The molecule has 3 rings (SSSR count). The van der Waals surface area contributed by atoms with Crippen molar-refractivity contribution >= 4 is 5.96 Å². The van der Waals surface area contributed by atoms with Gasteiger partial charge >= 0.3 is 0 Å². The zero-order chi connectivity index (χ0) is 18.9. The lowest BCUT2D eigenvalue weighted by atomic mass is 9.89. The number of benzene rings is 1. The van der Waals surface area contributed by atoms with Crippen LogP contribution in [0.5, 0.6) is 0 Å². The van der Waals surface area contributed by atoms with E-state index in [9.17, 15) is 0 Å². The third-order valence-corrected chi connectivity index (χ3v) is 5.41. The van der Waals surface area contributed by atoms with Gasteiger partial charge in [0.15, 0.2) is 5.96 Å². The van der Waals surface area contributed by atoms with E-state index in [1.54, 1.807) is 0 Å². The first kappa shape index (κ1) is 20.1. The Morgan fingerprint density at radius 1 is 1.22 bits per heavy atom. The number of nitrogens with zero attached hydrogens (tertiary/aromatic N) is 2. The van der Waals surface area contributed by atoms with Gasteiger partial charge in [0.1, 0.15) is 0 Å². The van der Waals surface area contributed by atoms with Gasteiger partial charge in [-0.3, -0.25) is 9.89 Å². The molecule has 0 amide bonds. The van der Waals surface area contributed by atoms with E-state index in [4.69, 9.17) is 15.2 Å². The SMILES string of the molecule is Cc1ccc(C2OCCCC2CN=C(N)NCCCN2CCOCC2)cc1. The molecule has 0 saturated carbocycles. The number of nitrogens with two attached hydrogens (primary N) is 1. The van der Waals surface area contributed by atoms with E-state index in [1.165, 1.54) is 11.1 Å². The second-order valence-corrected chi connectivity index (χ2v) is 7.56. The van der Waals surface area contributed by atoms with Crippen LogP contribution in [0.1, 0.15) is 36.5 Å². The number of aliphatic imine (C=N–C) groups is 1. The quantitative estimate of drug-likeness (QED) is 0.434. The maximum absolute atomic E-state index is 6.08. The second-order valence-electron chi connectivity index (χ2n) is 7.56. The fourth-order valence-electron chi connectivity index (χ4n) is 3.77. The zero-order valence-electron chi connectivity index (χ0n) is 16.5. The number of morpholine rings is 1. The van der Waals surface area contributed by atoms with Crippen molar-refractivity contribution in [3.05, 3.63) is 35.4 Å². The molecule has 0 bridgehead atoms. The van der Waals surface area contributed by atoms with Gasteiger partial charge in [0.25, 0.3) is 0 Å². The Bertz CT molecular complexity index is 584. The van der Waals surface area contributed by atoms with Gasteiger partial charge in [-0.2, -0.15) is 0 Å². The number of guanidine groups is 1. The number of hydrogen-bond acceptors (Lipinski definition) is 4. The van der Waals surface area contributed by atoms with Crippen LogP contribution in [0.25, 0.3) is 0 Å². The highest BCUT2D eigenvalue weighted by molar-refractivity contribution is 5.77. The Labute approximate surface area is 163 Å². The Kier molecular flexibility index (Phi) is 7.93. The summed E-state index contributed by atoms with van der Waals surface area (Å²) in [5.41, 5.74) is 8.60. The summed E-state index contributed by atoms with van der Waals surface area (Å²) in [4.78, 5) is 7.03. The van der Waals surface area contributed by atoms with Crippen molar-refractivity contribution in [2.45, 2.75) is 32.3 Å². The Hall–Kier alpha value is -1.63. The molecular weight excluding hydrogens is 340 g/mol. The van der Waals surface area contributed by atoms with Gasteiger partial charge < -0.3 is 20.5 Å². The number of ether oxygens (including phenoxy) is 2. The molecule has 2 saturated heterocycles. The predicted molar refractivity (Wildman–Crippen MR) is 109 cm³/mol. The molecule has 1 aromatic rings. The van der Waals surface area contributed by atoms with Gasteiger partial charge in [0.05, 0.1) is 19.3 Å². The molecule has 3 N–H and O–H groups in total. The van der Waals surface area contributed by atoms with Gasteiger partial charge in [0.2, 0.25) is 0 Å². The van der Waals surface area contributed by atoms with Crippen LogP contribution in [0.2, 0.25) is 0 Å². The predicted octanol–water partition coefficient (Wildman–Crippen LogP) is 2.09. The summed E-state index contributed by atoms with van der Waals surface area (Å²) >= 11 is 0. The van der Waals surface area contributed by atoms with E-state index in [0.717, 1.165) is 65.3 Å². The average Bonchev–Trinajstić information content (AvgIpc) is 2.71. The summed E-state index contributed by atoms with van der Waals surface area (Å²) in [6.45, 7) is 9.35. The molecule has 0 aliphatic carbocycles. The van der Waals surface area contributed by atoms with Crippen LogP contribution in [0.4, 0.5) is 0 Å². The smallest absolute Gasteiger partial charge is 0.188 e. The fraction of sp³-hybridized carbons (Fsp3) is 0.667. The number of rotatable bonds is 7. The molecule has 2 aliphatic heterocycles. The lowest BCUT2D eigenvalue weighted by molar-refractivity contribution is -0.0250. The third kappa shape index (κ3) is 6.48. The van der Waals surface area contributed by atoms with Crippen molar-refractivity contribution in [3.63, 3.8) is 0 Å². The minimum Gasteiger partial charge on any atom is -0.379 e. The largest absolute Gasteiger partial charge is 0.379 e. The van der Waals surface area contributed by atoms with Gasteiger partial charge in [-0.05, 0) is 38.3 Å². The topological polar surface area (TPSA) is 72.1 Å².